The van der Waals surface area contributed by atoms with E-state index in [0.29, 0.717) is 26.1 Å². The number of hydrogen-bond acceptors (Lipinski definition) is 7. The lowest BCUT2D eigenvalue weighted by molar-refractivity contribution is -0.137. The molecule has 0 unspecified atom stereocenters. The van der Waals surface area contributed by atoms with E-state index in [1.54, 1.807) is 3.11 Å². The Morgan fingerprint density at radius 3 is 2.42 bits per heavy atom. The lowest BCUT2D eigenvalue weighted by atomic mass is 9.83. The van der Waals surface area contributed by atoms with Crippen LogP contribution in [0.5, 0.6) is 0 Å². The Hall–Kier alpha value is -1.89. The van der Waals surface area contributed by atoms with Crippen LogP contribution in [0.25, 0.3) is 0 Å². The van der Waals surface area contributed by atoms with E-state index in [1.807, 2.05) is 53.2 Å². The van der Waals surface area contributed by atoms with Gasteiger partial charge in [-0.3, -0.25) is 22.3 Å². The molecule has 1 aliphatic heterocycles. The van der Waals surface area contributed by atoms with Crippen LogP contribution in [0.15, 0.2) is 30.3 Å². The highest BCUT2D eigenvalue weighted by atomic mass is 127. The van der Waals surface area contributed by atoms with Gasteiger partial charge in [-0.05, 0) is 25.8 Å². The molecule has 2 amide bonds. The maximum atomic E-state index is 13.0. The summed E-state index contributed by atoms with van der Waals surface area (Å²) in [5, 5.41) is 15.8. The van der Waals surface area contributed by atoms with Gasteiger partial charge in [0.15, 0.2) is 5.78 Å². The number of benzene rings is 1. The number of aliphatic hydroxyl groups is 1. The molecule has 2 rings (SSSR count). The van der Waals surface area contributed by atoms with Gasteiger partial charge in [-0.2, -0.15) is 0 Å². The summed E-state index contributed by atoms with van der Waals surface area (Å²) in [5.74, 6) is -2.92. The van der Waals surface area contributed by atoms with E-state index in [2.05, 4.69) is 10.6 Å². The van der Waals surface area contributed by atoms with E-state index in [0.717, 1.165) is 5.56 Å². The number of carbonyl (C=O) groups is 4. The van der Waals surface area contributed by atoms with Gasteiger partial charge in [0, 0.05) is 32.0 Å². The molecule has 1 fully saturated rings. The van der Waals surface area contributed by atoms with Gasteiger partial charge in [-0.25, -0.2) is 0 Å². The number of carbonyl (C=O) groups excluding carboxylic acids is 4. The van der Waals surface area contributed by atoms with Crippen molar-refractivity contribution in [1.82, 2.24) is 13.7 Å². The fourth-order valence-electron chi connectivity index (χ4n) is 3.87. The molecule has 33 heavy (non-hydrogen) atoms. The van der Waals surface area contributed by atoms with Crippen LogP contribution in [0.4, 0.5) is 0 Å². The Kier molecular flexibility index (Phi) is 10.9. The summed E-state index contributed by atoms with van der Waals surface area (Å²) in [6.07, 6.45) is -0.875. The summed E-state index contributed by atoms with van der Waals surface area (Å²) in [4.78, 5) is 50.1. The van der Waals surface area contributed by atoms with Gasteiger partial charge in [0.1, 0.15) is 5.78 Å². The summed E-state index contributed by atoms with van der Waals surface area (Å²) in [6.45, 7) is 4.06. The predicted octanol–water partition coefficient (Wildman–Crippen LogP) is 0.580. The summed E-state index contributed by atoms with van der Waals surface area (Å²) >= 11 is 2.00. The average Bonchev–Trinajstić information content (AvgIpc) is 2.80. The molecule has 0 aliphatic carbocycles. The smallest absolute Gasteiger partial charge is 0.235 e. The van der Waals surface area contributed by atoms with Gasteiger partial charge in [0.05, 0.1) is 53.4 Å². The third kappa shape index (κ3) is 8.13. The topological polar surface area (TPSA) is 142 Å². The number of halogens is 1. The van der Waals surface area contributed by atoms with Crippen molar-refractivity contribution in [3.05, 3.63) is 35.9 Å². The van der Waals surface area contributed by atoms with Crippen LogP contribution in [-0.4, -0.2) is 63.4 Å². The van der Waals surface area contributed by atoms with Crippen LogP contribution in [0.2, 0.25) is 0 Å². The van der Waals surface area contributed by atoms with Crippen LogP contribution in [0.1, 0.15) is 32.3 Å². The van der Waals surface area contributed by atoms with Crippen molar-refractivity contribution in [3.8, 4) is 0 Å². The quantitative estimate of drug-likeness (QED) is 0.225. The molecule has 0 aromatic heterocycles. The van der Waals surface area contributed by atoms with Crippen molar-refractivity contribution in [2.45, 2.75) is 45.4 Å². The monoisotopic (exact) mass is 572 g/mol. The van der Waals surface area contributed by atoms with E-state index in [1.165, 1.54) is 13.8 Å². The standard InChI is InChI=1S/C23H33IN4O5/c1-14(29)19(22(32)27-20(10-25)15(2)30)9-21(31)17-8-18(12-26-11-17)23(33)28(24)13-16-6-4-3-5-7-16/h3-7,14,17-20,26,29H,8-13,25H2,1-2H3,(H,27,32)/t14-,17-,18+,19-,20-/m0/s1. The number of nitrogens with two attached hydrogens (primary N) is 1. The first kappa shape index (κ1) is 27.4. The fourth-order valence-corrected chi connectivity index (χ4v) is 4.65. The molecule has 182 valence electrons. The third-order valence-electron chi connectivity index (χ3n) is 5.94. The average molecular weight is 572 g/mol. The molecule has 0 bridgehead atoms. The second-order valence-electron chi connectivity index (χ2n) is 8.56. The normalized spacial score (nSPS) is 20.9. The highest BCUT2D eigenvalue weighted by Gasteiger charge is 2.36. The number of Topliss-reactive ketones (excluding diaryl/α,β-unsaturated/α-hetero) is 2. The number of rotatable bonds is 11. The van der Waals surface area contributed by atoms with E-state index in [-0.39, 0.29) is 36.4 Å². The van der Waals surface area contributed by atoms with E-state index in [9.17, 15) is 24.3 Å². The van der Waals surface area contributed by atoms with Crippen molar-refractivity contribution in [2.24, 2.45) is 23.5 Å². The van der Waals surface area contributed by atoms with Gasteiger partial charge < -0.3 is 21.5 Å². The van der Waals surface area contributed by atoms with E-state index >= 15 is 0 Å². The van der Waals surface area contributed by atoms with Crippen LogP contribution >= 0.6 is 22.9 Å². The van der Waals surface area contributed by atoms with Gasteiger partial charge in [0.2, 0.25) is 11.8 Å². The summed E-state index contributed by atoms with van der Waals surface area (Å²) in [5.41, 5.74) is 6.54. The van der Waals surface area contributed by atoms with Gasteiger partial charge in [-0.15, -0.1) is 0 Å². The highest BCUT2D eigenvalue weighted by molar-refractivity contribution is 14.1. The molecule has 5 atom stereocenters. The van der Waals surface area contributed by atoms with Crippen LogP contribution in [0.3, 0.4) is 0 Å². The SMILES string of the molecule is CC(=O)[C@H](CN)NC(=O)[C@@H](CC(=O)[C@@H]1CNC[C@H](C(=O)N(I)Cc2ccccc2)C1)[C@H](C)O. The molecular weight excluding hydrogens is 539 g/mol. The van der Waals surface area contributed by atoms with Crippen molar-refractivity contribution < 1.29 is 24.3 Å². The lowest BCUT2D eigenvalue weighted by Gasteiger charge is -2.31. The zero-order valence-corrected chi connectivity index (χ0v) is 21.2. The third-order valence-corrected chi connectivity index (χ3v) is 6.76. The first-order chi connectivity index (χ1) is 15.6. The summed E-state index contributed by atoms with van der Waals surface area (Å²) < 4.78 is 1.63. The van der Waals surface area contributed by atoms with Crippen molar-refractivity contribution in [2.75, 3.05) is 19.6 Å². The molecule has 0 saturated carbocycles. The number of nitrogens with one attached hydrogen (secondary N) is 2. The summed E-state index contributed by atoms with van der Waals surface area (Å²) in [7, 11) is 0. The van der Waals surface area contributed by atoms with Gasteiger partial charge >= 0.3 is 0 Å². The zero-order valence-electron chi connectivity index (χ0n) is 19.0. The largest absolute Gasteiger partial charge is 0.393 e. The molecule has 1 aliphatic rings. The Labute approximate surface area is 208 Å². The Bertz CT molecular complexity index is 835. The number of nitrogens with zero attached hydrogens (tertiary/aromatic N) is 1. The minimum Gasteiger partial charge on any atom is -0.393 e. The fraction of sp³-hybridized carbons (Fsp3) is 0.565. The Morgan fingerprint density at radius 1 is 1.21 bits per heavy atom. The molecule has 9 nitrogen and oxygen atoms in total. The second kappa shape index (κ2) is 13.1. The minimum absolute atomic E-state index is 0.0541. The summed E-state index contributed by atoms with van der Waals surface area (Å²) in [6, 6.07) is 8.80. The molecular formula is C23H33IN4O5. The number of amides is 2. The molecule has 0 radical (unpaired) electrons. The molecule has 5 N–H and O–H groups in total. The predicted molar refractivity (Wildman–Crippen MR) is 132 cm³/mol. The first-order valence-corrected chi connectivity index (χ1v) is 12.0. The van der Waals surface area contributed by atoms with Crippen LogP contribution < -0.4 is 16.4 Å². The van der Waals surface area contributed by atoms with Gasteiger partial charge in [0.25, 0.3) is 0 Å². The van der Waals surface area contributed by atoms with Crippen molar-refractivity contribution >= 4 is 46.2 Å². The van der Waals surface area contributed by atoms with Crippen molar-refractivity contribution in [3.63, 3.8) is 0 Å². The number of piperidine rings is 1. The maximum absolute atomic E-state index is 13.0. The number of aliphatic hydroxyl groups excluding tert-OH is 1. The number of hydrogen-bond donors (Lipinski definition) is 4. The number of ketones is 2. The minimum atomic E-state index is -1.08. The molecule has 0 spiro atoms. The maximum Gasteiger partial charge on any atom is 0.235 e. The molecule has 1 aromatic carbocycles. The highest BCUT2D eigenvalue weighted by Crippen LogP contribution is 2.25. The van der Waals surface area contributed by atoms with Crippen molar-refractivity contribution in [1.29, 1.82) is 0 Å². The Morgan fingerprint density at radius 2 is 1.85 bits per heavy atom. The van der Waals surface area contributed by atoms with E-state index in [4.69, 9.17) is 5.73 Å². The van der Waals surface area contributed by atoms with Gasteiger partial charge in [-0.1, -0.05) is 30.3 Å². The lowest BCUT2D eigenvalue weighted by Crippen LogP contribution is -2.50. The molecule has 1 aromatic rings. The first-order valence-electron chi connectivity index (χ1n) is 11.1. The van der Waals surface area contributed by atoms with Crippen LogP contribution in [0, 0.1) is 17.8 Å². The molecule has 1 heterocycles. The van der Waals surface area contributed by atoms with E-state index < -0.39 is 29.9 Å². The van der Waals surface area contributed by atoms with Crippen LogP contribution in [-0.2, 0) is 25.7 Å². The molecule has 10 heteroatoms. The zero-order chi connectivity index (χ0) is 24.5. The molecule has 1 saturated heterocycles. The second-order valence-corrected chi connectivity index (χ2v) is 9.72. The Balaban J connectivity index is 1.98.